The van der Waals surface area contributed by atoms with E-state index in [4.69, 9.17) is 4.98 Å². The fourth-order valence-corrected chi connectivity index (χ4v) is 3.53. The summed E-state index contributed by atoms with van der Waals surface area (Å²) < 4.78 is 0. The molecule has 0 spiro atoms. The van der Waals surface area contributed by atoms with E-state index in [2.05, 4.69) is 71.1 Å². The molecule has 114 valence electrons. The van der Waals surface area contributed by atoms with Gasteiger partial charge in [0.2, 0.25) is 0 Å². The van der Waals surface area contributed by atoms with Gasteiger partial charge in [-0.2, -0.15) is 0 Å². The van der Waals surface area contributed by atoms with Gasteiger partial charge < -0.3 is 5.32 Å². The Morgan fingerprint density at radius 3 is 2.48 bits per heavy atom. The molecule has 1 aromatic carbocycles. The van der Waals surface area contributed by atoms with Gasteiger partial charge in [-0.25, -0.2) is 4.98 Å². The quantitative estimate of drug-likeness (QED) is 0.808. The van der Waals surface area contributed by atoms with Gasteiger partial charge in [0.1, 0.15) is 0 Å². The Morgan fingerprint density at radius 2 is 1.90 bits per heavy atom. The number of aryl methyl sites for hydroxylation is 2. The third-order valence-corrected chi connectivity index (χ3v) is 5.40. The van der Waals surface area contributed by atoms with Crippen molar-refractivity contribution in [3.8, 4) is 0 Å². The van der Waals surface area contributed by atoms with E-state index in [9.17, 15) is 0 Å². The maximum atomic E-state index is 4.77. The van der Waals surface area contributed by atoms with Crippen molar-refractivity contribution in [2.75, 3.05) is 5.32 Å². The molecule has 2 aromatic rings. The summed E-state index contributed by atoms with van der Waals surface area (Å²) >= 11 is 1.83. The van der Waals surface area contributed by atoms with Crippen LogP contribution in [0.3, 0.4) is 0 Å². The van der Waals surface area contributed by atoms with E-state index in [-0.39, 0.29) is 11.5 Å². The van der Waals surface area contributed by atoms with Gasteiger partial charge in [-0.3, -0.25) is 0 Å². The zero-order chi connectivity index (χ0) is 15.6. The van der Waals surface area contributed by atoms with Crippen LogP contribution in [0.1, 0.15) is 61.8 Å². The zero-order valence-corrected chi connectivity index (χ0v) is 14.8. The van der Waals surface area contributed by atoms with E-state index in [0.29, 0.717) is 0 Å². The summed E-state index contributed by atoms with van der Waals surface area (Å²) in [4.78, 5) is 6.10. The van der Waals surface area contributed by atoms with Crippen LogP contribution in [0.25, 0.3) is 0 Å². The summed E-state index contributed by atoms with van der Waals surface area (Å²) in [6.07, 6.45) is 1.05. The molecule has 1 unspecified atom stereocenters. The molecule has 0 fully saturated rings. The molecule has 0 aliphatic carbocycles. The summed E-state index contributed by atoms with van der Waals surface area (Å²) in [7, 11) is 0. The summed E-state index contributed by atoms with van der Waals surface area (Å²) in [6.45, 7) is 13.2. The predicted molar refractivity (Wildman–Crippen MR) is 93.4 cm³/mol. The van der Waals surface area contributed by atoms with Crippen LogP contribution >= 0.6 is 11.3 Å². The number of hydrogen-bond acceptors (Lipinski definition) is 3. The van der Waals surface area contributed by atoms with Crippen molar-refractivity contribution in [1.82, 2.24) is 4.98 Å². The van der Waals surface area contributed by atoms with Crippen LogP contribution in [-0.4, -0.2) is 4.98 Å². The predicted octanol–water partition coefficient (Wildman–Crippen LogP) is 5.48. The van der Waals surface area contributed by atoms with Crippen molar-refractivity contribution < 1.29 is 0 Å². The Labute approximate surface area is 132 Å². The normalized spacial score (nSPS) is 13.2. The Morgan fingerprint density at radius 1 is 1.24 bits per heavy atom. The number of benzene rings is 1. The van der Waals surface area contributed by atoms with Gasteiger partial charge in [0.05, 0.1) is 16.7 Å². The minimum Gasteiger partial charge on any atom is -0.377 e. The molecule has 2 rings (SSSR count). The Balaban J connectivity index is 2.25. The van der Waals surface area contributed by atoms with Gasteiger partial charge in [0.25, 0.3) is 0 Å². The molecule has 2 nitrogen and oxygen atoms in total. The van der Waals surface area contributed by atoms with Gasteiger partial charge in [-0.1, -0.05) is 45.9 Å². The Bertz CT molecular complexity index is 608. The van der Waals surface area contributed by atoms with Crippen molar-refractivity contribution >= 4 is 17.0 Å². The Kier molecular flexibility index (Phi) is 4.72. The van der Waals surface area contributed by atoms with Crippen molar-refractivity contribution in [3.63, 3.8) is 0 Å². The second-order valence-corrected chi connectivity index (χ2v) is 7.63. The molecule has 1 aromatic heterocycles. The first-order chi connectivity index (χ1) is 9.82. The molecule has 0 saturated heterocycles. The standard InChI is InChI=1S/C18H26N2S/c1-7-14-10-8-9-11-15(14)19-12(2)16-13(3)20-17(21-16)18(4,5)6/h8-12,19H,7H2,1-6H3. The zero-order valence-electron chi connectivity index (χ0n) is 13.9. The lowest BCUT2D eigenvalue weighted by Gasteiger charge is -2.17. The number of aromatic nitrogens is 1. The van der Waals surface area contributed by atoms with Gasteiger partial charge in [-0.05, 0) is 31.9 Å². The second-order valence-electron chi connectivity index (χ2n) is 6.60. The van der Waals surface area contributed by atoms with Gasteiger partial charge >= 0.3 is 0 Å². The third kappa shape index (κ3) is 3.65. The monoisotopic (exact) mass is 302 g/mol. The molecule has 21 heavy (non-hydrogen) atoms. The highest BCUT2D eigenvalue weighted by atomic mass is 32.1. The fourth-order valence-electron chi connectivity index (χ4n) is 2.40. The van der Waals surface area contributed by atoms with Crippen LogP contribution in [0.15, 0.2) is 24.3 Å². The molecule has 0 aliphatic heterocycles. The molecule has 0 saturated carbocycles. The molecule has 1 N–H and O–H groups in total. The fraction of sp³-hybridized carbons (Fsp3) is 0.500. The van der Waals surface area contributed by atoms with Crippen molar-refractivity contribution in [2.45, 2.75) is 59.4 Å². The minimum absolute atomic E-state index is 0.120. The maximum Gasteiger partial charge on any atom is 0.0985 e. The van der Waals surface area contributed by atoms with Crippen LogP contribution in [-0.2, 0) is 11.8 Å². The molecule has 0 bridgehead atoms. The number of thiazole rings is 1. The number of nitrogens with one attached hydrogen (secondary N) is 1. The van der Waals surface area contributed by atoms with E-state index in [1.807, 2.05) is 11.3 Å². The molecule has 0 radical (unpaired) electrons. The van der Waals surface area contributed by atoms with Crippen molar-refractivity contribution in [2.24, 2.45) is 0 Å². The topological polar surface area (TPSA) is 24.9 Å². The van der Waals surface area contributed by atoms with Crippen molar-refractivity contribution in [3.05, 3.63) is 45.4 Å². The number of nitrogens with zero attached hydrogens (tertiary/aromatic N) is 1. The lowest BCUT2D eigenvalue weighted by atomic mass is 9.98. The molecule has 1 atom stereocenters. The van der Waals surface area contributed by atoms with E-state index in [1.165, 1.54) is 21.1 Å². The molecule has 1 heterocycles. The summed E-state index contributed by atoms with van der Waals surface area (Å²) in [5.41, 5.74) is 3.87. The minimum atomic E-state index is 0.120. The highest BCUT2D eigenvalue weighted by molar-refractivity contribution is 7.12. The third-order valence-electron chi connectivity index (χ3n) is 3.64. The van der Waals surface area contributed by atoms with Crippen LogP contribution in [0.4, 0.5) is 5.69 Å². The average molecular weight is 302 g/mol. The Hall–Kier alpha value is -1.35. The molecule has 0 amide bonds. The molecular formula is C18H26N2S. The number of para-hydroxylation sites is 1. The van der Waals surface area contributed by atoms with Gasteiger partial charge in [-0.15, -0.1) is 11.3 Å². The van der Waals surface area contributed by atoms with E-state index >= 15 is 0 Å². The summed E-state index contributed by atoms with van der Waals surface area (Å²) in [5, 5.41) is 4.87. The lowest BCUT2D eigenvalue weighted by molar-refractivity contribution is 0.584. The molecular weight excluding hydrogens is 276 g/mol. The molecule has 3 heteroatoms. The maximum absolute atomic E-state index is 4.77. The lowest BCUT2D eigenvalue weighted by Crippen LogP contribution is -2.10. The van der Waals surface area contributed by atoms with E-state index in [0.717, 1.165) is 12.1 Å². The first kappa shape index (κ1) is 16.0. The highest BCUT2D eigenvalue weighted by Gasteiger charge is 2.22. The van der Waals surface area contributed by atoms with Gasteiger partial charge in [0, 0.05) is 16.0 Å². The average Bonchev–Trinajstić information content (AvgIpc) is 2.81. The number of rotatable bonds is 4. The molecule has 0 aliphatic rings. The second kappa shape index (κ2) is 6.18. The van der Waals surface area contributed by atoms with Crippen molar-refractivity contribution in [1.29, 1.82) is 0 Å². The van der Waals surface area contributed by atoms with Crippen LogP contribution in [0.2, 0.25) is 0 Å². The largest absolute Gasteiger partial charge is 0.377 e. The van der Waals surface area contributed by atoms with E-state index < -0.39 is 0 Å². The highest BCUT2D eigenvalue weighted by Crippen LogP contribution is 2.34. The SMILES string of the molecule is CCc1ccccc1NC(C)c1sc(C(C)(C)C)nc1C. The summed E-state index contributed by atoms with van der Waals surface area (Å²) in [6, 6.07) is 8.83. The summed E-state index contributed by atoms with van der Waals surface area (Å²) in [5.74, 6) is 0. The first-order valence-electron chi connectivity index (χ1n) is 7.65. The van der Waals surface area contributed by atoms with Crippen LogP contribution < -0.4 is 5.32 Å². The van der Waals surface area contributed by atoms with Gasteiger partial charge in [0.15, 0.2) is 0 Å². The number of hydrogen-bond donors (Lipinski definition) is 1. The van der Waals surface area contributed by atoms with Crippen LogP contribution in [0, 0.1) is 6.92 Å². The first-order valence-corrected chi connectivity index (χ1v) is 8.46. The van der Waals surface area contributed by atoms with Crippen LogP contribution in [0.5, 0.6) is 0 Å². The smallest absolute Gasteiger partial charge is 0.0985 e. The van der Waals surface area contributed by atoms with E-state index in [1.54, 1.807) is 0 Å². The number of anilines is 1.